The molecule has 0 radical (unpaired) electrons. The maximum Gasteiger partial charge on any atom is 0.0545 e. The van der Waals surface area contributed by atoms with Gasteiger partial charge in [0.15, 0.2) is 0 Å². The number of benzene rings is 7. The van der Waals surface area contributed by atoms with Crippen LogP contribution in [0.15, 0.2) is 158 Å². The van der Waals surface area contributed by atoms with Gasteiger partial charge in [-0.2, -0.15) is 0 Å². The van der Waals surface area contributed by atoms with Crippen LogP contribution in [0.5, 0.6) is 0 Å². The van der Waals surface area contributed by atoms with E-state index in [2.05, 4.69) is 195 Å². The summed E-state index contributed by atoms with van der Waals surface area (Å²) >= 11 is 0. The lowest BCUT2D eigenvalue weighted by atomic mass is 9.73. The van der Waals surface area contributed by atoms with Crippen LogP contribution in [-0.4, -0.2) is 4.57 Å². The van der Waals surface area contributed by atoms with Crippen LogP contribution >= 0.6 is 0 Å². The van der Waals surface area contributed by atoms with E-state index < -0.39 is 0 Å². The van der Waals surface area contributed by atoms with E-state index in [0.717, 1.165) is 0 Å². The van der Waals surface area contributed by atoms with Gasteiger partial charge in [-0.1, -0.05) is 137 Å². The highest BCUT2D eigenvalue weighted by molar-refractivity contribution is 6.12. The van der Waals surface area contributed by atoms with Crippen LogP contribution in [0.4, 0.5) is 17.1 Å². The minimum absolute atomic E-state index is 0.0766. The molecule has 7 aromatic carbocycles. The summed E-state index contributed by atoms with van der Waals surface area (Å²) in [5.41, 5.74) is 17.6. The summed E-state index contributed by atoms with van der Waals surface area (Å²) in [7, 11) is 0. The molecule has 2 heteroatoms. The summed E-state index contributed by atoms with van der Waals surface area (Å²) in [5.74, 6) is 0. The Morgan fingerprint density at radius 3 is 1.82 bits per heavy atom. The predicted molar refractivity (Wildman–Crippen MR) is 211 cm³/mol. The van der Waals surface area contributed by atoms with Crippen molar-refractivity contribution in [3.05, 3.63) is 180 Å². The Morgan fingerprint density at radius 1 is 0.380 bits per heavy atom. The van der Waals surface area contributed by atoms with Crippen LogP contribution in [0.2, 0.25) is 0 Å². The van der Waals surface area contributed by atoms with Gasteiger partial charge in [0.1, 0.15) is 0 Å². The fourth-order valence-corrected chi connectivity index (χ4v) is 8.98. The number of nitrogens with zero attached hydrogens (tertiary/aromatic N) is 2. The van der Waals surface area contributed by atoms with Crippen LogP contribution in [-0.2, 0) is 10.8 Å². The van der Waals surface area contributed by atoms with Gasteiger partial charge in [0.2, 0.25) is 0 Å². The fraction of sp³-hybridized carbons (Fsp3) is 0.125. The van der Waals surface area contributed by atoms with Crippen molar-refractivity contribution < 1.29 is 0 Å². The number of hydrogen-bond acceptors (Lipinski definition) is 1. The SMILES string of the molecule is CC1(C)c2ccccc2-c2ccc(N3c4ccccc4C(C)(C)c4cc5c(cc43)c3ccccc3n5-c3ccc(-c4ccccc4)cc3)cc21. The first kappa shape index (κ1) is 29.1. The van der Waals surface area contributed by atoms with Gasteiger partial charge < -0.3 is 9.47 Å². The first-order valence-corrected chi connectivity index (χ1v) is 17.7. The molecule has 8 aromatic rings. The fourth-order valence-electron chi connectivity index (χ4n) is 8.98. The molecule has 0 N–H and O–H groups in total. The van der Waals surface area contributed by atoms with Gasteiger partial charge in [-0.05, 0) is 93.0 Å². The van der Waals surface area contributed by atoms with Crippen molar-refractivity contribution in [2.75, 3.05) is 4.90 Å². The molecule has 0 saturated carbocycles. The van der Waals surface area contributed by atoms with Gasteiger partial charge >= 0.3 is 0 Å². The second-order valence-electron chi connectivity index (χ2n) is 15.0. The maximum absolute atomic E-state index is 2.52. The Hall–Kier alpha value is -5.86. The highest BCUT2D eigenvalue weighted by atomic mass is 15.2. The van der Waals surface area contributed by atoms with Crippen LogP contribution in [0, 0.1) is 0 Å². The van der Waals surface area contributed by atoms with Gasteiger partial charge in [-0.25, -0.2) is 0 Å². The van der Waals surface area contributed by atoms with Crippen molar-refractivity contribution in [1.82, 2.24) is 4.57 Å². The van der Waals surface area contributed by atoms with E-state index in [9.17, 15) is 0 Å². The van der Waals surface area contributed by atoms with Gasteiger partial charge in [0.05, 0.1) is 22.4 Å². The summed E-state index contributed by atoms with van der Waals surface area (Å²) < 4.78 is 2.45. The van der Waals surface area contributed by atoms with Gasteiger partial charge in [-0.3, -0.25) is 0 Å². The smallest absolute Gasteiger partial charge is 0.0545 e. The Morgan fingerprint density at radius 2 is 1.00 bits per heavy atom. The molecule has 1 aromatic heterocycles. The molecule has 0 bridgehead atoms. The quantitative estimate of drug-likeness (QED) is 0.186. The van der Waals surface area contributed by atoms with Crippen LogP contribution in [0.3, 0.4) is 0 Å². The first-order chi connectivity index (χ1) is 24.3. The minimum atomic E-state index is -0.207. The van der Waals surface area contributed by atoms with Crippen molar-refractivity contribution in [3.63, 3.8) is 0 Å². The van der Waals surface area contributed by atoms with E-state index in [1.165, 1.54) is 89.1 Å². The van der Waals surface area contributed by atoms with Crippen LogP contribution in [0.1, 0.15) is 49.9 Å². The zero-order valence-electron chi connectivity index (χ0n) is 28.9. The normalized spacial score (nSPS) is 15.1. The third-order valence-electron chi connectivity index (χ3n) is 11.6. The molecule has 1 aliphatic carbocycles. The summed E-state index contributed by atoms with van der Waals surface area (Å²) in [6, 6.07) is 58.5. The van der Waals surface area contributed by atoms with Crippen molar-refractivity contribution in [2.45, 2.75) is 38.5 Å². The highest BCUT2D eigenvalue weighted by Gasteiger charge is 2.40. The minimum Gasteiger partial charge on any atom is -0.310 e. The van der Waals surface area contributed by atoms with Crippen molar-refractivity contribution in [1.29, 1.82) is 0 Å². The molecule has 2 heterocycles. The average Bonchev–Trinajstić information content (AvgIpc) is 3.59. The molecule has 240 valence electrons. The molecule has 0 spiro atoms. The molecule has 1 aliphatic heterocycles. The number of rotatable bonds is 3. The topological polar surface area (TPSA) is 8.17 Å². The van der Waals surface area contributed by atoms with Gasteiger partial charge in [0, 0.05) is 33.0 Å². The molecule has 10 rings (SSSR count). The molecule has 0 amide bonds. The second kappa shape index (κ2) is 10.3. The summed E-state index contributed by atoms with van der Waals surface area (Å²) in [6.07, 6.45) is 0. The third-order valence-corrected chi connectivity index (χ3v) is 11.6. The van der Waals surface area contributed by atoms with Crippen LogP contribution in [0.25, 0.3) is 49.7 Å². The van der Waals surface area contributed by atoms with Gasteiger partial charge in [0.25, 0.3) is 0 Å². The number of anilines is 3. The van der Waals surface area contributed by atoms with E-state index in [-0.39, 0.29) is 10.8 Å². The Labute approximate surface area is 293 Å². The first-order valence-electron chi connectivity index (χ1n) is 17.7. The number of fused-ring (bicyclic) bond motifs is 8. The maximum atomic E-state index is 2.52. The van der Waals surface area contributed by atoms with E-state index >= 15 is 0 Å². The number of hydrogen-bond donors (Lipinski definition) is 0. The summed E-state index contributed by atoms with van der Waals surface area (Å²) in [4.78, 5) is 2.52. The molecule has 0 saturated heterocycles. The molecule has 0 fully saturated rings. The predicted octanol–water partition coefficient (Wildman–Crippen LogP) is 12.9. The summed E-state index contributed by atoms with van der Waals surface area (Å²) in [6.45, 7) is 9.51. The Kier molecular flexibility index (Phi) is 6.01. The third kappa shape index (κ3) is 3.96. The Balaban J connectivity index is 1.21. The number of para-hydroxylation sites is 2. The summed E-state index contributed by atoms with van der Waals surface area (Å²) in [5, 5.41) is 2.53. The van der Waals surface area contributed by atoms with Crippen molar-refractivity contribution >= 4 is 38.9 Å². The second-order valence-corrected chi connectivity index (χ2v) is 15.0. The van der Waals surface area contributed by atoms with Gasteiger partial charge in [-0.15, -0.1) is 0 Å². The molecular formula is C48H38N2. The van der Waals surface area contributed by atoms with Crippen molar-refractivity contribution in [2.24, 2.45) is 0 Å². The zero-order chi connectivity index (χ0) is 33.8. The van der Waals surface area contributed by atoms with Crippen molar-refractivity contribution in [3.8, 4) is 27.9 Å². The molecule has 2 aliphatic rings. The van der Waals surface area contributed by atoms with E-state index in [1.54, 1.807) is 0 Å². The molecule has 2 nitrogen and oxygen atoms in total. The lowest BCUT2D eigenvalue weighted by Gasteiger charge is -2.42. The monoisotopic (exact) mass is 642 g/mol. The van der Waals surface area contributed by atoms with E-state index in [1.807, 2.05) is 0 Å². The van der Waals surface area contributed by atoms with Crippen LogP contribution < -0.4 is 4.90 Å². The zero-order valence-corrected chi connectivity index (χ0v) is 28.9. The largest absolute Gasteiger partial charge is 0.310 e. The lowest BCUT2D eigenvalue weighted by Crippen LogP contribution is -2.30. The molecule has 0 atom stereocenters. The van der Waals surface area contributed by atoms with E-state index in [0.29, 0.717) is 0 Å². The standard InChI is InChI=1S/C48H38N2/c1-47(2)39-18-10-8-16-35(39)36-27-26-34(28-41(36)47)50-44-21-13-11-19-40(44)48(3,4)42-30-45-38(29-46(42)50)37-17-9-12-20-43(37)49(45)33-24-22-32(23-25-33)31-14-6-5-7-15-31/h5-30H,1-4H3. The average molecular weight is 643 g/mol. The lowest BCUT2D eigenvalue weighted by molar-refractivity contribution is 0.632. The number of aromatic nitrogens is 1. The molecule has 0 unspecified atom stereocenters. The molecular weight excluding hydrogens is 605 g/mol. The Bertz CT molecular complexity index is 2640. The highest BCUT2D eigenvalue weighted by Crippen LogP contribution is 2.56. The van der Waals surface area contributed by atoms with E-state index in [4.69, 9.17) is 0 Å². The molecule has 50 heavy (non-hydrogen) atoms.